The van der Waals surface area contributed by atoms with E-state index in [0.717, 1.165) is 39.1 Å². The second kappa shape index (κ2) is 11.2. The number of hydrogen-bond acceptors (Lipinski definition) is 2. The van der Waals surface area contributed by atoms with Crippen LogP contribution >= 0.6 is 0 Å². The molecule has 0 aliphatic carbocycles. The van der Waals surface area contributed by atoms with Crippen molar-refractivity contribution in [3.05, 3.63) is 182 Å². The van der Waals surface area contributed by atoms with Gasteiger partial charge in [-0.3, -0.25) is 0 Å². The van der Waals surface area contributed by atoms with E-state index in [2.05, 4.69) is 173 Å². The molecule has 3 aromatic heterocycles. The zero-order valence-corrected chi connectivity index (χ0v) is 28.1. The predicted octanol–water partition coefficient (Wildman–Crippen LogP) is 12.3. The van der Waals surface area contributed by atoms with Crippen LogP contribution in [0.15, 0.2) is 182 Å². The zero-order valence-electron chi connectivity index (χ0n) is 28.1. The van der Waals surface area contributed by atoms with Crippen LogP contribution in [-0.4, -0.2) is 19.1 Å². The van der Waals surface area contributed by atoms with Gasteiger partial charge < -0.3 is 9.13 Å². The Morgan fingerprint density at radius 3 is 1.69 bits per heavy atom. The number of para-hydroxylation sites is 4. The lowest BCUT2D eigenvalue weighted by atomic mass is 10.0. The summed E-state index contributed by atoms with van der Waals surface area (Å²) in [5.74, 6) is 0.717. The van der Waals surface area contributed by atoms with E-state index in [4.69, 9.17) is 9.97 Å². The average Bonchev–Trinajstić information content (AvgIpc) is 3.75. The second-order valence-electron chi connectivity index (χ2n) is 13.4. The third-order valence-electron chi connectivity index (χ3n) is 10.5. The number of nitrogens with zero attached hydrogens (tertiary/aromatic N) is 4. The topological polar surface area (TPSA) is 35.6 Å². The average molecular weight is 663 g/mol. The lowest BCUT2D eigenvalue weighted by molar-refractivity contribution is 1.18. The van der Waals surface area contributed by atoms with Gasteiger partial charge in [0.15, 0.2) is 5.82 Å². The second-order valence-corrected chi connectivity index (χ2v) is 13.4. The van der Waals surface area contributed by atoms with Gasteiger partial charge in [-0.05, 0) is 66.0 Å². The molecule has 0 saturated carbocycles. The predicted molar refractivity (Wildman–Crippen MR) is 217 cm³/mol. The van der Waals surface area contributed by atoms with Gasteiger partial charge in [0.25, 0.3) is 0 Å². The minimum Gasteiger partial charge on any atom is -0.309 e. The van der Waals surface area contributed by atoms with Crippen LogP contribution in [0.4, 0.5) is 0 Å². The van der Waals surface area contributed by atoms with Crippen LogP contribution in [0.25, 0.3) is 99.3 Å². The fourth-order valence-electron chi connectivity index (χ4n) is 8.24. The molecule has 8 aromatic carbocycles. The number of fused-ring (bicyclic) bond motifs is 10. The molecule has 0 atom stereocenters. The smallest absolute Gasteiger partial charge is 0.160 e. The van der Waals surface area contributed by atoms with Crippen molar-refractivity contribution in [2.75, 3.05) is 0 Å². The van der Waals surface area contributed by atoms with Crippen LogP contribution in [0.1, 0.15) is 0 Å². The van der Waals surface area contributed by atoms with E-state index in [1.807, 2.05) is 18.2 Å². The Morgan fingerprint density at radius 2 is 0.904 bits per heavy atom. The zero-order chi connectivity index (χ0) is 34.2. The highest BCUT2D eigenvalue weighted by molar-refractivity contribution is 6.28. The summed E-state index contributed by atoms with van der Waals surface area (Å²) in [5, 5.41) is 8.52. The number of aromatic nitrogens is 4. The van der Waals surface area contributed by atoms with E-state index < -0.39 is 0 Å². The van der Waals surface area contributed by atoms with Gasteiger partial charge in [0.1, 0.15) is 0 Å². The minimum atomic E-state index is 0.717. The fraction of sp³-hybridized carbons (Fsp3) is 0. The largest absolute Gasteiger partial charge is 0.309 e. The van der Waals surface area contributed by atoms with Crippen molar-refractivity contribution in [1.82, 2.24) is 19.1 Å². The number of rotatable bonds is 4. The van der Waals surface area contributed by atoms with Gasteiger partial charge >= 0.3 is 0 Å². The quantitative estimate of drug-likeness (QED) is 0.188. The molecule has 4 heteroatoms. The third kappa shape index (κ3) is 4.21. The molecule has 11 aromatic rings. The van der Waals surface area contributed by atoms with Crippen molar-refractivity contribution in [2.24, 2.45) is 0 Å². The first-order valence-corrected chi connectivity index (χ1v) is 17.7. The monoisotopic (exact) mass is 662 g/mol. The first kappa shape index (κ1) is 28.8. The SMILES string of the molecule is c1ccc(-c2nc(-c3ccc(-n4c5ccccc5c5ccc6c(ccc7c6c6ccccc6n7-c6ccccc6)c54)cc3)nc3ccccc23)cc1. The van der Waals surface area contributed by atoms with Crippen molar-refractivity contribution in [1.29, 1.82) is 0 Å². The molecule has 0 bridgehead atoms. The Hall–Kier alpha value is -7.04. The Morgan fingerprint density at radius 1 is 0.327 bits per heavy atom. The molecule has 0 unspecified atom stereocenters. The Labute approximate surface area is 299 Å². The van der Waals surface area contributed by atoms with Crippen molar-refractivity contribution in [3.8, 4) is 34.0 Å². The summed E-state index contributed by atoms with van der Waals surface area (Å²) < 4.78 is 4.82. The molecule has 242 valence electrons. The molecule has 0 fully saturated rings. The highest BCUT2D eigenvalue weighted by atomic mass is 15.0. The molecule has 0 saturated heterocycles. The van der Waals surface area contributed by atoms with Crippen LogP contribution in [0.3, 0.4) is 0 Å². The summed E-state index contributed by atoms with van der Waals surface area (Å²) in [6.07, 6.45) is 0. The first-order chi connectivity index (χ1) is 25.8. The van der Waals surface area contributed by atoms with Gasteiger partial charge in [-0.2, -0.15) is 0 Å². The van der Waals surface area contributed by atoms with E-state index in [1.165, 1.54) is 54.4 Å². The van der Waals surface area contributed by atoms with E-state index in [9.17, 15) is 0 Å². The Bertz CT molecular complexity index is 3160. The van der Waals surface area contributed by atoms with Gasteiger partial charge in [0.05, 0.1) is 33.3 Å². The van der Waals surface area contributed by atoms with Gasteiger partial charge in [-0.1, -0.05) is 121 Å². The molecule has 0 aliphatic rings. The molecule has 11 rings (SSSR count). The molecule has 0 spiro atoms. The Kier molecular flexibility index (Phi) is 6.22. The third-order valence-corrected chi connectivity index (χ3v) is 10.5. The number of hydrogen-bond donors (Lipinski definition) is 0. The minimum absolute atomic E-state index is 0.717. The summed E-state index contributed by atoms with van der Waals surface area (Å²) in [6, 6.07) is 64.8. The standard InChI is InChI=1S/C48H30N4/c1-3-13-31(14-4-1)46-39-18-7-10-20-41(39)49-48(50-46)32-23-25-34(26-24-32)52-42-21-11-8-17-35(42)37-28-27-36-38(47(37)52)29-30-44-45(36)40-19-9-12-22-43(40)51(44)33-15-5-2-6-16-33/h1-30H. The summed E-state index contributed by atoms with van der Waals surface area (Å²) in [6.45, 7) is 0. The van der Waals surface area contributed by atoms with Crippen molar-refractivity contribution >= 4 is 65.3 Å². The molecule has 0 N–H and O–H groups in total. The maximum Gasteiger partial charge on any atom is 0.160 e. The molecule has 0 aliphatic heterocycles. The molecule has 3 heterocycles. The van der Waals surface area contributed by atoms with Crippen LogP contribution in [-0.2, 0) is 0 Å². The summed E-state index contributed by atoms with van der Waals surface area (Å²) in [7, 11) is 0. The molecule has 4 nitrogen and oxygen atoms in total. The summed E-state index contributed by atoms with van der Waals surface area (Å²) >= 11 is 0. The molecule has 0 amide bonds. The lowest BCUT2D eigenvalue weighted by Crippen LogP contribution is -1.97. The fourth-order valence-corrected chi connectivity index (χ4v) is 8.24. The van der Waals surface area contributed by atoms with E-state index in [1.54, 1.807) is 0 Å². The van der Waals surface area contributed by atoms with Gasteiger partial charge in [-0.25, -0.2) is 9.97 Å². The summed E-state index contributed by atoms with van der Waals surface area (Å²) in [4.78, 5) is 10.2. The lowest BCUT2D eigenvalue weighted by Gasteiger charge is -2.13. The van der Waals surface area contributed by atoms with Crippen molar-refractivity contribution in [3.63, 3.8) is 0 Å². The van der Waals surface area contributed by atoms with E-state index in [0.29, 0.717) is 5.82 Å². The van der Waals surface area contributed by atoms with E-state index in [-0.39, 0.29) is 0 Å². The van der Waals surface area contributed by atoms with Crippen LogP contribution in [0, 0.1) is 0 Å². The molecular formula is C48H30N4. The first-order valence-electron chi connectivity index (χ1n) is 17.7. The van der Waals surface area contributed by atoms with Gasteiger partial charge in [0, 0.05) is 54.8 Å². The molecular weight excluding hydrogens is 633 g/mol. The van der Waals surface area contributed by atoms with Crippen LogP contribution in [0.5, 0.6) is 0 Å². The van der Waals surface area contributed by atoms with Crippen LogP contribution in [0.2, 0.25) is 0 Å². The highest BCUT2D eigenvalue weighted by Crippen LogP contribution is 2.42. The van der Waals surface area contributed by atoms with Crippen LogP contribution < -0.4 is 0 Å². The summed E-state index contributed by atoms with van der Waals surface area (Å²) in [5.41, 5.74) is 11.0. The normalized spacial score (nSPS) is 11.8. The van der Waals surface area contributed by atoms with Crippen molar-refractivity contribution in [2.45, 2.75) is 0 Å². The highest BCUT2D eigenvalue weighted by Gasteiger charge is 2.20. The number of benzene rings is 8. The maximum atomic E-state index is 5.13. The van der Waals surface area contributed by atoms with Gasteiger partial charge in [-0.15, -0.1) is 0 Å². The van der Waals surface area contributed by atoms with Crippen molar-refractivity contribution < 1.29 is 0 Å². The van der Waals surface area contributed by atoms with E-state index >= 15 is 0 Å². The maximum absolute atomic E-state index is 5.13. The Balaban J connectivity index is 1.14. The van der Waals surface area contributed by atoms with Gasteiger partial charge in [0.2, 0.25) is 0 Å². The molecule has 52 heavy (non-hydrogen) atoms. The molecule has 0 radical (unpaired) electrons.